The fourth-order valence-corrected chi connectivity index (χ4v) is 6.96. The van der Waals surface area contributed by atoms with Crippen LogP contribution in [0.4, 0.5) is 0 Å². The molecule has 2 aliphatic rings. The predicted octanol–water partition coefficient (Wildman–Crippen LogP) is 4.15. The molecule has 0 saturated carbocycles. The molecule has 1 fully saturated rings. The minimum Gasteiger partial charge on any atom is -0.468 e. The lowest BCUT2D eigenvalue weighted by atomic mass is 9.96. The van der Waals surface area contributed by atoms with Gasteiger partial charge in [-0.15, -0.1) is 0 Å². The molecule has 0 unspecified atom stereocenters. The monoisotopic (exact) mass is 476 g/mol. The Balaban J connectivity index is 1.76. The van der Waals surface area contributed by atoms with Crippen molar-refractivity contribution in [2.24, 2.45) is 0 Å². The number of hydrogen-bond acceptors (Lipinski definition) is 5. The van der Waals surface area contributed by atoms with Crippen LogP contribution in [0.5, 0.6) is 0 Å². The van der Waals surface area contributed by atoms with Crippen molar-refractivity contribution in [3.63, 3.8) is 0 Å². The topological polar surface area (TPSA) is 66.9 Å². The molecule has 0 amide bonds. The summed E-state index contributed by atoms with van der Waals surface area (Å²) in [6.45, 7) is 4.47. The molecule has 0 spiro atoms. The maximum absolute atomic E-state index is 14.3. The molecule has 176 valence electrons. The fourth-order valence-electron chi connectivity index (χ4n) is 5.20. The van der Waals surface area contributed by atoms with Crippen LogP contribution in [0.1, 0.15) is 40.0 Å². The van der Waals surface area contributed by atoms with Crippen LogP contribution in [0.25, 0.3) is 0 Å². The number of aryl methyl sites for hydroxylation is 2. The number of carbonyl (C=O) groups excluding carboxylic acids is 1. The standard InChI is InChI=1S/C27H28N2O4S/c1-18-8-12-21(13-9-18)24-25(27(30)33-3)28-17-16-20-6-4-5-7-23(20)26(28)29(24)34(31,32)22-14-10-19(2)11-15-22/h4-15,24-26H,16-17H2,1-3H3/t24-,25+,26+/m0/s1. The molecule has 0 N–H and O–H groups in total. The van der Waals surface area contributed by atoms with Gasteiger partial charge in [-0.3, -0.25) is 9.69 Å². The Morgan fingerprint density at radius 3 is 2.18 bits per heavy atom. The summed E-state index contributed by atoms with van der Waals surface area (Å²) in [4.78, 5) is 15.4. The highest BCUT2D eigenvalue weighted by Gasteiger charge is 2.57. The second kappa shape index (κ2) is 8.65. The number of fused-ring (bicyclic) bond motifs is 3. The van der Waals surface area contributed by atoms with Gasteiger partial charge in [0.15, 0.2) is 0 Å². The van der Waals surface area contributed by atoms with Gasteiger partial charge in [-0.25, -0.2) is 8.42 Å². The Morgan fingerprint density at radius 1 is 0.912 bits per heavy atom. The molecule has 0 bridgehead atoms. The van der Waals surface area contributed by atoms with Gasteiger partial charge in [0.05, 0.1) is 18.0 Å². The quantitative estimate of drug-likeness (QED) is 0.530. The zero-order valence-electron chi connectivity index (χ0n) is 19.5. The minimum atomic E-state index is -3.97. The van der Waals surface area contributed by atoms with Crippen molar-refractivity contribution < 1.29 is 17.9 Å². The van der Waals surface area contributed by atoms with E-state index in [9.17, 15) is 13.2 Å². The largest absolute Gasteiger partial charge is 0.468 e. The van der Waals surface area contributed by atoms with E-state index in [-0.39, 0.29) is 4.90 Å². The van der Waals surface area contributed by atoms with Crippen molar-refractivity contribution in [3.05, 3.63) is 101 Å². The molecule has 6 nitrogen and oxygen atoms in total. The first-order chi connectivity index (χ1) is 16.3. The number of nitrogens with zero attached hydrogens (tertiary/aromatic N) is 2. The van der Waals surface area contributed by atoms with Gasteiger partial charge in [0.1, 0.15) is 12.2 Å². The molecule has 1 saturated heterocycles. The maximum atomic E-state index is 14.3. The molecular formula is C27H28N2O4S. The molecule has 2 heterocycles. The normalized spacial score (nSPS) is 22.7. The second-order valence-electron chi connectivity index (χ2n) is 9.03. The summed E-state index contributed by atoms with van der Waals surface area (Å²) >= 11 is 0. The van der Waals surface area contributed by atoms with Gasteiger partial charge in [-0.2, -0.15) is 4.31 Å². The van der Waals surface area contributed by atoms with Crippen molar-refractivity contribution in [1.29, 1.82) is 0 Å². The third kappa shape index (κ3) is 3.64. The molecule has 3 atom stereocenters. The van der Waals surface area contributed by atoms with Gasteiger partial charge in [0, 0.05) is 6.54 Å². The van der Waals surface area contributed by atoms with E-state index in [1.165, 1.54) is 11.4 Å². The van der Waals surface area contributed by atoms with Crippen LogP contribution in [0.2, 0.25) is 0 Å². The maximum Gasteiger partial charge on any atom is 0.325 e. The summed E-state index contributed by atoms with van der Waals surface area (Å²) in [5.74, 6) is -0.434. The van der Waals surface area contributed by atoms with Gasteiger partial charge < -0.3 is 4.74 Å². The Morgan fingerprint density at radius 2 is 1.53 bits per heavy atom. The van der Waals surface area contributed by atoms with Gasteiger partial charge in [-0.1, -0.05) is 71.8 Å². The molecule has 5 rings (SSSR count). The lowest BCUT2D eigenvalue weighted by Gasteiger charge is -2.36. The number of esters is 1. The number of rotatable bonds is 4. The van der Waals surface area contributed by atoms with Crippen molar-refractivity contribution in [2.45, 2.75) is 43.4 Å². The average molecular weight is 477 g/mol. The molecule has 0 aromatic heterocycles. The SMILES string of the molecule is COC(=O)[C@H]1[C@H](c2ccc(C)cc2)N(S(=O)(=O)c2ccc(C)cc2)[C@@H]2c3ccccc3CCN21. The number of carbonyl (C=O) groups is 1. The summed E-state index contributed by atoms with van der Waals surface area (Å²) in [7, 11) is -2.61. The van der Waals surface area contributed by atoms with Crippen LogP contribution in [0.15, 0.2) is 77.7 Å². The Bertz CT molecular complexity index is 1320. The Hall–Kier alpha value is -3.00. The smallest absolute Gasteiger partial charge is 0.325 e. The summed E-state index contributed by atoms with van der Waals surface area (Å²) in [5.41, 5.74) is 4.82. The zero-order valence-corrected chi connectivity index (χ0v) is 20.3. The van der Waals surface area contributed by atoms with Gasteiger partial charge in [0.25, 0.3) is 0 Å². The molecular weight excluding hydrogens is 448 g/mol. The molecule has 3 aromatic rings. The number of benzene rings is 3. The van der Waals surface area contributed by atoms with Crippen LogP contribution >= 0.6 is 0 Å². The molecule has 34 heavy (non-hydrogen) atoms. The first kappa shape index (κ1) is 22.8. The van der Waals surface area contributed by atoms with E-state index in [1.807, 2.05) is 67.3 Å². The van der Waals surface area contributed by atoms with E-state index in [4.69, 9.17) is 4.74 Å². The third-order valence-electron chi connectivity index (χ3n) is 6.92. The van der Waals surface area contributed by atoms with Crippen LogP contribution < -0.4 is 0 Å². The molecule has 2 aliphatic heterocycles. The highest BCUT2D eigenvalue weighted by atomic mass is 32.2. The summed E-state index contributed by atoms with van der Waals surface area (Å²) in [5, 5.41) is 0. The fraction of sp³-hybridized carbons (Fsp3) is 0.296. The van der Waals surface area contributed by atoms with Gasteiger partial charge in [0.2, 0.25) is 10.0 Å². The van der Waals surface area contributed by atoms with E-state index in [1.54, 1.807) is 24.3 Å². The van der Waals surface area contributed by atoms with Crippen molar-refractivity contribution in [3.8, 4) is 0 Å². The number of sulfonamides is 1. The first-order valence-corrected chi connectivity index (χ1v) is 12.8. The van der Waals surface area contributed by atoms with Crippen LogP contribution in [-0.4, -0.2) is 43.3 Å². The van der Waals surface area contributed by atoms with Crippen LogP contribution in [-0.2, 0) is 26.0 Å². The van der Waals surface area contributed by atoms with Crippen LogP contribution in [0, 0.1) is 13.8 Å². The third-order valence-corrected chi connectivity index (χ3v) is 8.77. The molecule has 3 aromatic carbocycles. The molecule has 0 aliphatic carbocycles. The lowest BCUT2D eigenvalue weighted by Crippen LogP contribution is -2.43. The number of hydrogen-bond donors (Lipinski definition) is 0. The van der Waals surface area contributed by atoms with E-state index in [0.717, 1.165) is 34.2 Å². The number of ether oxygens (including phenoxy) is 1. The van der Waals surface area contributed by atoms with Gasteiger partial charge in [-0.05, 0) is 49.1 Å². The Kier molecular flexibility index (Phi) is 5.80. The van der Waals surface area contributed by atoms with E-state index < -0.39 is 34.2 Å². The first-order valence-electron chi connectivity index (χ1n) is 11.4. The lowest BCUT2D eigenvalue weighted by molar-refractivity contribution is -0.147. The highest BCUT2D eigenvalue weighted by molar-refractivity contribution is 7.89. The summed E-state index contributed by atoms with van der Waals surface area (Å²) < 4.78 is 35.3. The number of methoxy groups -OCH3 is 1. The van der Waals surface area contributed by atoms with Crippen molar-refractivity contribution >= 4 is 16.0 Å². The van der Waals surface area contributed by atoms with Crippen molar-refractivity contribution in [1.82, 2.24) is 9.21 Å². The van der Waals surface area contributed by atoms with Crippen molar-refractivity contribution in [2.75, 3.05) is 13.7 Å². The van der Waals surface area contributed by atoms with Gasteiger partial charge >= 0.3 is 5.97 Å². The van der Waals surface area contributed by atoms with E-state index >= 15 is 0 Å². The van der Waals surface area contributed by atoms with E-state index in [2.05, 4.69) is 0 Å². The molecule has 0 radical (unpaired) electrons. The summed E-state index contributed by atoms with van der Waals surface area (Å²) in [6, 6.07) is 21.0. The highest BCUT2D eigenvalue weighted by Crippen LogP contribution is 2.51. The molecule has 7 heteroatoms. The average Bonchev–Trinajstić information content (AvgIpc) is 3.21. The summed E-state index contributed by atoms with van der Waals surface area (Å²) in [6.07, 6.45) is 0.130. The second-order valence-corrected chi connectivity index (χ2v) is 10.9. The van der Waals surface area contributed by atoms with Crippen LogP contribution in [0.3, 0.4) is 0 Å². The Labute approximate surface area is 200 Å². The minimum absolute atomic E-state index is 0.212. The van der Waals surface area contributed by atoms with E-state index in [0.29, 0.717) is 6.54 Å². The predicted molar refractivity (Wildman–Crippen MR) is 130 cm³/mol. The zero-order chi connectivity index (χ0) is 24.0.